The van der Waals surface area contributed by atoms with Crippen LogP contribution in [0.2, 0.25) is 0 Å². The molecule has 0 saturated heterocycles. The van der Waals surface area contributed by atoms with Crippen molar-refractivity contribution >= 4 is 49.6 Å². The van der Waals surface area contributed by atoms with Gasteiger partial charge in [-0.1, -0.05) is 153 Å². The van der Waals surface area contributed by atoms with E-state index >= 15 is 0 Å². The highest BCUT2D eigenvalue weighted by Gasteiger charge is 2.35. The summed E-state index contributed by atoms with van der Waals surface area (Å²) in [6.45, 7) is 4.70. The van der Waals surface area contributed by atoms with E-state index in [1.165, 1.54) is 82.8 Å². The lowest BCUT2D eigenvalue weighted by molar-refractivity contribution is 0.660. The molecule has 10 aromatic rings. The molecule has 0 saturated carbocycles. The lowest BCUT2D eigenvalue weighted by Crippen LogP contribution is -2.16. The molecule has 0 spiro atoms. The number of para-hydroxylation sites is 2. The van der Waals surface area contributed by atoms with Crippen molar-refractivity contribution in [1.29, 1.82) is 0 Å². The third kappa shape index (κ3) is 5.33. The maximum atomic E-state index is 2.43. The van der Waals surface area contributed by atoms with E-state index in [9.17, 15) is 0 Å². The first-order chi connectivity index (χ1) is 28.0. The zero-order chi connectivity index (χ0) is 38.1. The highest BCUT2D eigenvalue weighted by molar-refractivity contribution is 6.11. The Morgan fingerprint density at radius 2 is 0.965 bits per heavy atom. The molecular weight excluding hydrogens is 689 g/mol. The van der Waals surface area contributed by atoms with Gasteiger partial charge < -0.3 is 9.47 Å². The minimum absolute atomic E-state index is 0.0829. The molecule has 11 rings (SSSR count). The van der Waals surface area contributed by atoms with Gasteiger partial charge in [-0.05, 0) is 117 Å². The van der Waals surface area contributed by atoms with E-state index < -0.39 is 0 Å². The predicted octanol–water partition coefficient (Wildman–Crippen LogP) is 15.0. The van der Waals surface area contributed by atoms with Crippen molar-refractivity contribution in [2.24, 2.45) is 0 Å². The summed E-state index contributed by atoms with van der Waals surface area (Å²) in [7, 11) is 0. The summed E-state index contributed by atoms with van der Waals surface area (Å²) < 4.78 is 2.43. The van der Waals surface area contributed by atoms with Gasteiger partial charge in [-0.15, -0.1) is 0 Å². The molecule has 2 nitrogen and oxygen atoms in total. The minimum atomic E-state index is -0.0829. The Morgan fingerprint density at radius 3 is 1.82 bits per heavy atom. The summed E-state index contributed by atoms with van der Waals surface area (Å²) in [6, 6.07) is 75.6. The average molecular weight is 729 g/mol. The number of aromatic nitrogens is 1. The summed E-state index contributed by atoms with van der Waals surface area (Å²) in [5.74, 6) is 0. The fraction of sp³-hybridized carbons (Fsp3) is 0.0545. The molecule has 0 N–H and O–H groups in total. The lowest BCUT2D eigenvalue weighted by Gasteiger charge is -2.28. The summed E-state index contributed by atoms with van der Waals surface area (Å²) in [4.78, 5) is 2.40. The van der Waals surface area contributed by atoms with Gasteiger partial charge in [0.15, 0.2) is 0 Å². The van der Waals surface area contributed by atoms with Gasteiger partial charge in [-0.25, -0.2) is 0 Å². The minimum Gasteiger partial charge on any atom is -0.310 e. The third-order valence-electron chi connectivity index (χ3n) is 12.2. The SMILES string of the molecule is CC1(C)c2ccccc2-c2ccc(N(c3ccccc3)c3cccc(-c4cccc(-c5ccc6c(c5)c5ccccc5n6-c5cccc6ccccc56)c4)c3)cc21. The van der Waals surface area contributed by atoms with Crippen LogP contribution in [-0.2, 0) is 5.41 Å². The Labute approximate surface area is 333 Å². The lowest BCUT2D eigenvalue weighted by atomic mass is 9.82. The van der Waals surface area contributed by atoms with E-state index in [4.69, 9.17) is 0 Å². The van der Waals surface area contributed by atoms with Crippen LogP contribution in [0.3, 0.4) is 0 Å². The summed E-state index contributed by atoms with van der Waals surface area (Å²) in [6.07, 6.45) is 0. The van der Waals surface area contributed by atoms with Crippen molar-refractivity contribution in [2.75, 3.05) is 4.90 Å². The van der Waals surface area contributed by atoms with Gasteiger partial charge in [0.05, 0.1) is 16.7 Å². The van der Waals surface area contributed by atoms with Crippen molar-refractivity contribution in [2.45, 2.75) is 19.3 Å². The molecule has 1 aliphatic carbocycles. The van der Waals surface area contributed by atoms with Crippen LogP contribution in [0, 0.1) is 0 Å². The predicted molar refractivity (Wildman–Crippen MR) is 241 cm³/mol. The second kappa shape index (κ2) is 13.0. The quantitative estimate of drug-likeness (QED) is 0.165. The topological polar surface area (TPSA) is 8.17 Å². The number of benzene rings is 9. The van der Waals surface area contributed by atoms with E-state index in [0.29, 0.717) is 0 Å². The Hall–Kier alpha value is -7.16. The van der Waals surface area contributed by atoms with Gasteiger partial charge in [0.2, 0.25) is 0 Å². The van der Waals surface area contributed by atoms with Crippen molar-refractivity contribution in [3.8, 4) is 39.1 Å². The maximum Gasteiger partial charge on any atom is 0.0541 e. The van der Waals surface area contributed by atoms with Crippen LogP contribution in [0.4, 0.5) is 17.1 Å². The second-order valence-corrected chi connectivity index (χ2v) is 15.8. The van der Waals surface area contributed by atoms with Crippen LogP contribution in [-0.4, -0.2) is 4.57 Å². The fourth-order valence-electron chi connectivity index (χ4n) is 9.37. The summed E-state index contributed by atoms with van der Waals surface area (Å²) >= 11 is 0. The zero-order valence-electron chi connectivity index (χ0n) is 32.0. The molecule has 0 unspecified atom stereocenters. The first-order valence-electron chi connectivity index (χ1n) is 19.8. The Balaban J connectivity index is 0.998. The van der Waals surface area contributed by atoms with Crippen LogP contribution in [0.15, 0.2) is 206 Å². The number of rotatable bonds is 6. The second-order valence-electron chi connectivity index (χ2n) is 15.8. The molecule has 0 amide bonds. The molecule has 0 aliphatic heterocycles. The number of hydrogen-bond acceptors (Lipinski definition) is 1. The standard InChI is InChI=1S/C55H40N2/c1-55(2)50-26-10-8-24-46(50)47-31-30-44(36-51(47)55)56(42-20-4-3-5-21-42)43-22-13-19-40(34-43)38-17-12-18-39(33-38)41-29-32-54-49(35-41)48-25-9-11-27-53(48)57(54)52-28-14-16-37-15-6-7-23-45(37)52/h3-36H,1-2H3. The fourth-order valence-corrected chi connectivity index (χ4v) is 9.37. The molecule has 1 aromatic heterocycles. The van der Waals surface area contributed by atoms with Gasteiger partial charge in [-0.2, -0.15) is 0 Å². The van der Waals surface area contributed by atoms with E-state index in [0.717, 1.165) is 17.1 Å². The van der Waals surface area contributed by atoms with Crippen molar-refractivity contribution in [3.63, 3.8) is 0 Å². The van der Waals surface area contributed by atoms with Crippen molar-refractivity contribution in [3.05, 3.63) is 217 Å². The third-order valence-corrected chi connectivity index (χ3v) is 12.2. The summed E-state index contributed by atoms with van der Waals surface area (Å²) in [5.41, 5.74) is 17.1. The zero-order valence-corrected chi connectivity index (χ0v) is 32.0. The normalized spacial score (nSPS) is 12.9. The van der Waals surface area contributed by atoms with Crippen LogP contribution < -0.4 is 4.90 Å². The molecule has 0 atom stereocenters. The average Bonchev–Trinajstić information content (AvgIpc) is 3.71. The monoisotopic (exact) mass is 728 g/mol. The first kappa shape index (κ1) is 33.2. The molecule has 0 bridgehead atoms. The number of hydrogen-bond donors (Lipinski definition) is 0. The smallest absolute Gasteiger partial charge is 0.0541 e. The first-order valence-corrected chi connectivity index (χ1v) is 19.8. The van der Waals surface area contributed by atoms with Gasteiger partial charge in [0.25, 0.3) is 0 Å². The maximum absolute atomic E-state index is 2.43. The van der Waals surface area contributed by atoms with Gasteiger partial charge >= 0.3 is 0 Å². The molecule has 0 fully saturated rings. The van der Waals surface area contributed by atoms with Crippen LogP contribution in [0.1, 0.15) is 25.0 Å². The van der Waals surface area contributed by atoms with Crippen LogP contribution >= 0.6 is 0 Å². The van der Waals surface area contributed by atoms with E-state index in [-0.39, 0.29) is 5.41 Å². The van der Waals surface area contributed by atoms with E-state index in [2.05, 4.69) is 230 Å². The van der Waals surface area contributed by atoms with Gasteiger partial charge in [-0.3, -0.25) is 0 Å². The van der Waals surface area contributed by atoms with Crippen molar-refractivity contribution < 1.29 is 0 Å². The van der Waals surface area contributed by atoms with E-state index in [1.807, 2.05) is 0 Å². The Morgan fingerprint density at radius 1 is 0.368 bits per heavy atom. The van der Waals surface area contributed by atoms with E-state index in [1.54, 1.807) is 0 Å². The summed E-state index contributed by atoms with van der Waals surface area (Å²) in [5, 5.41) is 5.00. The molecule has 270 valence electrons. The molecule has 9 aromatic carbocycles. The highest BCUT2D eigenvalue weighted by Crippen LogP contribution is 2.50. The number of nitrogens with zero attached hydrogens (tertiary/aromatic N) is 2. The number of anilines is 3. The highest BCUT2D eigenvalue weighted by atomic mass is 15.1. The Bertz CT molecular complexity index is 3160. The number of fused-ring (bicyclic) bond motifs is 7. The largest absolute Gasteiger partial charge is 0.310 e. The molecule has 57 heavy (non-hydrogen) atoms. The van der Waals surface area contributed by atoms with Crippen LogP contribution in [0.25, 0.3) is 71.6 Å². The Kier molecular flexibility index (Phi) is 7.55. The van der Waals surface area contributed by atoms with Crippen LogP contribution in [0.5, 0.6) is 0 Å². The van der Waals surface area contributed by atoms with Crippen molar-refractivity contribution in [1.82, 2.24) is 4.57 Å². The molecular formula is C55H40N2. The molecule has 2 heteroatoms. The molecule has 1 heterocycles. The molecule has 0 radical (unpaired) electrons. The van der Waals surface area contributed by atoms with Gasteiger partial charge in [0.1, 0.15) is 0 Å². The molecule has 1 aliphatic rings. The van der Waals surface area contributed by atoms with Gasteiger partial charge in [0, 0.05) is 38.6 Å².